The molecule has 6 amide bonds. The van der Waals surface area contributed by atoms with Gasteiger partial charge < -0.3 is 58.5 Å². The van der Waals surface area contributed by atoms with Crippen molar-refractivity contribution >= 4 is 41.4 Å². The van der Waals surface area contributed by atoms with Crippen molar-refractivity contribution in [2.24, 2.45) is 11.5 Å². The molecule has 0 aliphatic heterocycles. The van der Waals surface area contributed by atoms with Crippen molar-refractivity contribution in [2.75, 3.05) is 19.8 Å². The number of carboxylic acids is 1. The standard InChI is InChI=1S/C25H37N7O11/c1-12(35)20(24(41)31-17(11-34)25(42)43)32-22(39)14(7-13-5-3-2-4-6-13)29-21(38)15(8-18(27)36)30-23(40)16(10-33)28-19(37)9-26/h2-6,12,14-17,20,33-35H,7-11,26H2,1H3,(H2,27,36)(H,28,37)(H,29,38)(H,30,40)(H,31,41)(H,32,39)(H,42,43)/t12-,14+,15+,16+,17+,20+/m1/s1. The number of carbonyl (C=O) groups excluding carboxylic acids is 6. The molecule has 0 spiro atoms. The summed E-state index contributed by atoms with van der Waals surface area (Å²) in [6, 6.07) is 0.00401. The summed E-state index contributed by atoms with van der Waals surface area (Å²) >= 11 is 0. The number of aliphatic hydroxyl groups is 3. The van der Waals surface area contributed by atoms with Crippen LogP contribution in [-0.4, -0.2) is 118 Å². The normalized spacial score (nSPS) is 14.9. The van der Waals surface area contributed by atoms with Gasteiger partial charge >= 0.3 is 5.97 Å². The number of hydrogen-bond acceptors (Lipinski definition) is 11. The van der Waals surface area contributed by atoms with Crippen LogP contribution in [0.5, 0.6) is 0 Å². The van der Waals surface area contributed by atoms with Crippen molar-refractivity contribution in [3.63, 3.8) is 0 Å². The fourth-order valence-corrected chi connectivity index (χ4v) is 3.57. The Hall–Kier alpha value is -4.65. The summed E-state index contributed by atoms with van der Waals surface area (Å²) in [6.45, 7) is -1.24. The van der Waals surface area contributed by atoms with E-state index in [9.17, 15) is 48.9 Å². The first-order chi connectivity index (χ1) is 20.2. The van der Waals surface area contributed by atoms with Crippen LogP contribution in [0, 0.1) is 0 Å². The van der Waals surface area contributed by atoms with Gasteiger partial charge in [0.25, 0.3) is 0 Å². The lowest BCUT2D eigenvalue weighted by Gasteiger charge is -2.27. The van der Waals surface area contributed by atoms with Crippen LogP contribution in [0.2, 0.25) is 0 Å². The van der Waals surface area contributed by atoms with E-state index in [1.165, 1.54) is 0 Å². The van der Waals surface area contributed by atoms with Gasteiger partial charge in [-0.3, -0.25) is 28.8 Å². The minimum absolute atomic E-state index is 0.190. The van der Waals surface area contributed by atoms with E-state index < -0.39 is 104 Å². The van der Waals surface area contributed by atoms with Crippen molar-refractivity contribution in [3.05, 3.63) is 35.9 Å². The Morgan fingerprint density at radius 2 is 1.26 bits per heavy atom. The Morgan fingerprint density at radius 1 is 0.744 bits per heavy atom. The molecule has 0 bridgehead atoms. The fourth-order valence-electron chi connectivity index (χ4n) is 3.57. The summed E-state index contributed by atoms with van der Waals surface area (Å²) in [5, 5.41) is 48.7. The maximum absolute atomic E-state index is 13.3. The molecule has 1 aromatic carbocycles. The highest BCUT2D eigenvalue weighted by Gasteiger charge is 2.34. The van der Waals surface area contributed by atoms with Crippen LogP contribution in [0.15, 0.2) is 30.3 Å². The maximum atomic E-state index is 13.3. The second-order valence-electron chi connectivity index (χ2n) is 9.30. The lowest BCUT2D eigenvalue weighted by molar-refractivity contribution is -0.144. The highest BCUT2D eigenvalue weighted by molar-refractivity contribution is 5.97. The SMILES string of the molecule is C[C@@H](O)[C@H](NC(=O)[C@H](Cc1ccccc1)NC(=O)[C@H](CC(N)=O)NC(=O)[C@H](CO)NC(=O)CN)C(=O)N[C@@H](CO)C(=O)O. The van der Waals surface area contributed by atoms with Crippen LogP contribution in [0.3, 0.4) is 0 Å². The van der Waals surface area contributed by atoms with E-state index in [0.717, 1.165) is 6.92 Å². The monoisotopic (exact) mass is 611 g/mol. The van der Waals surface area contributed by atoms with Crippen LogP contribution >= 0.6 is 0 Å². The van der Waals surface area contributed by atoms with Gasteiger partial charge in [0.2, 0.25) is 35.4 Å². The quantitative estimate of drug-likeness (QED) is 0.0739. The summed E-state index contributed by atoms with van der Waals surface area (Å²) in [7, 11) is 0. The molecule has 0 saturated heterocycles. The molecular formula is C25H37N7O11. The minimum atomic E-state index is -1.74. The van der Waals surface area contributed by atoms with Crippen molar-refractivity contribution in [2.45, 2.75) is 56.1 Å². The topological polar surface area (TPSA) is 313 Å². The zero-order valence-electron chi connectivity index (χ0n) is 23.2. The number of hydrogen-bond donors (Lipinski definition) is 11. The molecule has 43 heavy (non-hydrogen) atoms. The van der Waals surface area contributed by atoms with E-state index in [4.69, 9.17) is 16.6 Å². The maximum Gasteiger partial charge on any atom is 0.328 e. The van der Waals surface area contributed by atoms with Crippen molar-refractivity contribution in [3.8, 4) is 0 Å². The molecule has 0 unspecified atom stereocenters. The molecule has 18 nitrogen and oxygen atoms in total. The Morgan fingerprint density at radius 3 is 1.74 bits per heavy atom. The smallest absolute Gasteiger partial charge is 0.328 e. The van der Waals surface area contributed by atoms with Crippen molar-refractivity contribution < 1.29 is 54.0 Å². The molecule has 1 rings (SSSR count). The number of carboxylic acid groups (broad SMARTS) is 1. The van der Waals surface area contributed by atoms with Gasteiger partial charge in [-0.2, -0.15) is 0 Å². The van der Waals surface area contributed by atoms with E-state index >= 15 is 0 Å². The highest BCUT2D eigenvalue weighted by atomic mass is 16.4. The summed E-state index contributed by atoms with van der Waals surface area (Å²) in [6.07, 6.45) is -2.51. The van der Waals surface area contributed by atoms with Gasteiger partial charge in [0.05, 0.1) is 32.3 Å². The number of aliphatic hydroxyl groups excluding tert-OH is 3. The Labute approximate surface area is 245 Å². The molecular weight excluding hydrogens is 574 g/mol. The average Bonchev–Trinajstić information content (AvgIpc) is 2.95. The van der Waals surface area contributed by atoms with Crippen molar-refractivity contribution in [1.82, 2.24) is 26.6 Å². The van der Waals surface area contributed by atoms with Crippen LogP contribution in [0.25, 0.3) is 0 Å². The largest absolute Gasteiger partial charge is 0.480 e. The van der Waals surface area contributed by atoms with Crippen LogP contribution in [0.1, 0.15) is 18.9 Å². The van der Waals surface area contributed by atoms with Gasteiger partial charge in [-0.15, -0.1) is 0 Å². The van der Waals surface area contributed by atoms with Gasteiger partial charge in [0.15, 0.2) is 0 Å². The number of nitrogens with two attached hydrogens (primary N) is 2. The second-order valence-corrected chi connectivity index (χ2v) is 9.30. The Kier molecular flexibility index (Phi) is 15.2. The lowest BCUT2D eigenvalue weighted by atomic mass is 10.0. The van der Waals surface area contributed by atoms with E-state index in [-0.39, 0.29) is 6.42 Å². The third-order valence-electron chi connectivity index (χ3n) is 5.83. The molecule has 0 fully saturated rings. The van der Waals surface area contributed by atoms with Gasteiger partial charge in [0.1, 0.15) is 30.2 Å². The predicted octanol–water partition coefficient (Wildman–Crippen LogP) is -6.06. The third-order valence-corrected chi connectivity index (χ3v) is 5.83. The Bertz CT molecular complexity index is 1150. The number of rotatable bonds is 18. The fraction of sp³-hybridized carbons (Fsp3) is 0.480. The van der Waals surface area contributed by atoms with Crippen LogP contribution in [0.4, 0.5) is 0 Å². The Balaban J connectivity index is 3.26. The first-order valence-electron chi connectivity index (χ1n) is 12.9. The van der Waals surface area contributed by atoms with Gasteiger partial charge in [-0.25, -0.2) is 4.79 Å². The van der Waals surface area contributed by atoms with Gasteiger partial charge in [0, 0.05) is 6.42 Å². The van der Waals surface area contributed by atoms with Crippen LogP contribution in [-0.2, 0) is 40.0 Å². The first kappa shape index (κ1) is 36.4. The molecule has 0 aliphatic carbocycles. The average molecular weight is 612 g/mol. The lowest BCUT2D eigenvalue weighted by Crippen LogP contribution is -2.61. The molecule has 18 heteroatoms. The number of amides is 6. The zero-order chi connectivity index (χ0) is 32.7. The van der Waals surface area contributed by atoms with Crippen LogP contribution < -0.4 is 38.1 Å². The number of nitrogens with one attached hydrogen (secondary N) is 5. The molecule has 6 atom stereocenters. The van der Waals surface area contributed by atoms with E-state index in [1.54, 1.807) is 30.3 Å². The van der Waals surface area contributed by atoms with E-state index in [0.29, 0.717) is 5.56 Å². The molecule has 0 saturated carbocycles. The van der Waals surface area contributed by atoms with E-state index in [1.807, 2.05) is 5.32 Å². The number of primary amides is 1. The zero-order valence-corrected chi connectivity index (χ0v) is 23.2. The number of aliphatic carboxylic acids is 1. The molecule has 238 valence electrons. The highest BCUT2D eigenvalue weighted by Crippen LogP contribution is 2.07. The summed E-state index contributed by atoms with van der Waals surface area (Å²) in [5.41, 5.74) is 10.9. The summed E-state index contributed by atoms with van der Waals surface area (Å²) in [5.74, 6) is -7.74. The molecule has 0 heterocycles. The molecule has 1 aromatic rings. The molecule has 0 aromatic heterocycles. The number of benzene rings is 1. The van der Waals surface area contributed by atoms with Gasteiger partial charge in [-0.05, 0) is 12.5 Å². The third kappa shape index (κ3) is 12.4. The second kappa shape index (κ2) is 18.0. The van der Waals surface area contributed by atoms with Crippen molar-refractivity contribution in [1.29, 1.82) is 0 Å². The molecule has 0 radical (unpaired) electrons. The molecule has 0 aliphatic rings. The van der Waals surface area contributed by atoms with Gasteiger partial charge in [-0.1, -0.05) is 30.3 Å². The number of carbonyl (C=O) groups is 7. The summed E-state index contributed by atoms with van der Waals surface area (Å²) < 4.78 is 0. The predicted molar refractivity (Wildman–Crippen MR) is 146 cm³/mol. The summed E-state index contributed by atoms with van der Waals surface area (Å²) in [4.78, 5) is 86.2. The molecule has 13 N–H and O–H groups in total. The van der Waals surface area contributed by atoms with E-state index in [2.05, 4.69) is 21.3 Å². The first-order valence-corrected chi connectivity index (χ1v) is 12.9. The minimum Gasteiger partial charge on any atom is -0.480 e.